The summed E-state index contributed by atoms with van der Waals surface area (Å²) >= 11 is 0. The molecule has 0 radical (unpaired) electrons. The molecule has 0 saturated carbocycles. The van der Waals surface area contributed by atoms with Crippen LogP contribution in [-0.4, -0.2) is 23.7 Å². The Morgan fingerprint density at radius 2 is 1.82 bits per heavy atom. The van der Waals surface area contributed by atoms with Gasteiger partial charge in [-0.2, -0.15) is 0 Å². The largest absolute Gasteiger partial charge is 0.475 e. The first kappa shape index (κ1) is 11.5. The van der Waals surface area contributed by atoms with Crippen molar-refractivity contribution in [1.82, 2.24) is 15.3 Å². The minimum Gasteiger partial charge on any atom is -0.475 e. The Balaban J connectivity index is 2.14. The molecular weight excluding hydrogens is 221 g/mol. The summed E-state index contributed by atoms with van der Waals surface area (Å²) in [7, 11) is 1.79. The van der Waals surface area contributed by atoms with Gasteiger partial charge in [0.1, 0.15) is 12.5 Å². The quantitative estimate of drug-likeness (QED) is 0.818. The zero-order chi connectivity index (χ0) is 12.1. The van der Waals surface area contributed by atoms with Gasteiger partial charge in [-0.15, -0.1) is 0 Å². The first-order valence-electron chi connectivity index (χ1n) is 5.15. The van der Waals surface area contributed by atoms with E-state index in [0.29, 0.717) is 18.3 Å². The van der Waals surface area contributed by atoms with E-state index < -0.39 is 0 Å². The number of nitrogens with zero attached hydrogens (tertiary/aromatic N) is 2. The lowest BCUT2D eigenvalue weighted by Gasteiger charge is -2.04. The molecule has 88 valence electrons. The molecule has 0 fully saturated rings. The number of hydrogen-bond donors (Lipinski definition) is 1. The number of hydrogen-bond acceptors (Lipinski definition) is 4. The van der Waals surface area contributed by atoms with Crippen LogP contribution in [0.25, 0.3) is 11.4 Å². The third kappa shape index (κ3) is 2.98. The molecule has 0 spiro atoms. The van der Waals surface area contributed by atoms with Crippen LogP contribution in [0.5, 0.6) is 5.75 Å². The fourth-order valence-corrected chi connectivity index (χ4v) is 1.29. The normalized spacial score (nSPS) is 10.2. The van der Waals surface area contributed by atoms with Crippen LogP contribution < -0.4 is 10.1 Å². The molecule has 1 N–H and O–H groups in total. The van der Waals surface area contributed by atoms with Crippen molar-refractivity contribution in [3.8, 4) is 17.1 Å². The maximum atomic E-state index is 12.7. The highest BCUT2D eigenvalue weighted by Crippen LogP contribution is 2.16. The van der Waals surface area contributed by atoms with E-state index in [0.717, 1.165) is 5.56 Å². The van der Waals surface area contributed by atoms with Gasteiger partial charge in [0.25, 0.3) is 0 Å². The van der Waals surface area contributed by atoms with Crippen molar-refractivity contribution in [2.75, 3.05) is 13.8 Å². The summed E-state index contributed by atoms with van der Waals surface area (Å²) in [4.78, 5) is 8.29. The van der Waals surface area contributed by atoms with Gasteiger partial charge >= 0.3 is 0 Å². The van der Waals surface area contributed by atoms with E-state index in [1.165, 1.54) is 12.1 Å². The van der Waals surface area contributed by atoms with E-state index in [4.69, 9.17) is 4.74 Å². The maximum Gasteiger partial charge on any atom is 0.159 e. The molecule has 2 rings (SSSR count). The van der Waals surface area contributed by atoms with Crippen LogP contribution in [-0.2, 0) is 0 Å². The topological polar surface area (TPSA) is 47.0 Å². The lowest BCUT2D eigenvalue weighted by atomic mass is 10.2. The van der Waals surface area contributed by atoms with Gasteiger partial charge in [0.2, 0.25) is 0 Å². The minimum absolute atomic E-state index is 0.275. The number of benzene rings is 1. The first-order chi connectivity index (χ1) is 8.29. The summed E-state index contributed by atoms with van der Waals surface area (Å²) in [5.41, 5.74) is 0.770. The highest BCUT2D eigenvalue weighted by molar-refractivity contribution is 5.54. The van der Waals surface area contributed by atoms with Gasteiger partial charge in [-0.1, -0.05) is 0 Å². The Bertz CT molecular complexity index is 470. The molecule has 0 atom stereocenters. The lowest BCUT2D eigenvalue weighted by molar-refractivity contribution is 0.294. The van der Waals surface area contributed by atoms with Crippen LogP contribution >= 0.6 is 0 Å². The van der Waals surface area contributed by atoms with Crippen molar-refractivity contribution in [2.45, 2.75) is 0 Å². The second kappa shape index (κ2) is 5.36. The number of halogens is 1. The van der Waals surface area contributed by atoms with Crippen LogP contribution in [0, 0.1) is 5.82 Å². The second-order valence-electron chi connectivity index (χ2n) is 3.39. The number of rotatable bonds is 4. The highest BCUT2D eigenvalue weighted by atomic mass is 19.1. The summed E-state index contributed by atoms with van der Waals surface area (Å²) in [6, 6.07) is 6.03. The van der Waals surface area contributed by atoms with Crippen LogP contribution in [0.1, 0.15) is 0 Å². The number of nitrogens with one attached hydrogen (secondary N) is 1. The number of ether oxygens (including phenoxy) is 1. The Morgan fingerprint density at radius 1 is 1.18 bits per heavy atom. The molecule has 1 aromatic carbocycles. The van der Waals surface area contributed by atoms with E-state index in [2.05, 4.69) is 15.3 Å². The van der Waals surface area contributed by atoms with E-state index in [-0.39, 0.29) is 5.82 Å². The first-order valence-corrected chi connectivity index (χ1v) is 5.15. The van der Waals surface area contributed by atoms with Gasteiger partial charge in [0.05, 0.1) is 12.4 Å². The highest BCUT2D eigenvalue weighted by Gasteiger charge is 2.01. The monoisotopic (exact) mass is 233 g/mol. The Morgan fingerprint density at radius 3 is 2.41 bits per heavy atom. The SMILES string of the molecule is CNCOc1cnc(-c2ccc(F)cc2)nc1. The van der Waals surface area contributed by atoms with Crippen molar-refractivity contribution in [1.29, 1.82) is 0 Å². The molecule has 0 bridgehead atoms. The molecule has 0 aliphatic rings. The third-order valence-electron chi connectivity index (χ3n) is 2.11. The van der Waals surface area contributed by atoms with Crippen molar-refractivity contribution in [2.24, 2.45) is 0 Å². The van der Waals surface area contributed by atoms with Crippen molar-refractivity contribution < 1.29 is 9.13 Å². The average Bonchev–Trinajstić information content (AvgIpc) is 2.38. The molecule has 0 amide bonds. The van der Waals surface area contributed by atoms with Gasteiger partial charge in [0, 0.05) is 5.56 Å². The van der Waals surface area contributed by atoms with E-state index in [1.807, 2.05) is 0 Å². The third-order valence-corrected chi connectivity index (χ3v) is 2.11. The average molecular weight is 233 g/mol. The predicted octanol–water partition coefficient (Wildman–Crippen LogP) is 1.84. The van der Waals surface area contributed by atoms with Crippen LogP contribution in [0.2, 0.25) is 0 Å². The fourth-order valence-electron chi connectivity index (χ4n) is 1.29. The Hall–Kier alpha value is -2.01. The summed E-state index contributed by atoms with van der Waals surface area (Å²) in [6.45, 7) is 0.402. The molecule has 1 aromatic heterocycles. The summed E-state index contributed by atoms with van der Waals surface area (Å²) < 4.78 is 18.0. The van der Waals surface area contributed by atoms with Crippen molar-refractivity contribution in [3.63, 3.8) is 0 Å². The molecule has 4 nitrogen and oxygen atoms in total. The van der Waals surface area contributed by atoms with Gasteiger partial charge < -0.3 is 4.74 Å². The van der Waals surface area contributed by atoms with Gasteiger partial charge in [-0.3, -0.25) is 5.32 Å². The van der Waals surface area contributed by atoms with Crippen molar-refractivity contribution in [3.05, 3.63) is 42.5 Å². The van der Waals surface area contributed by atoms with Crippen LogP contribution in [0.4, 0.5) is 4.39 Å². The molecule has 5 heteroatoms. The van der Waals surface area contributed by atoms with Gasteiger partial charge in [-0.25, -0.2) is 14.4 Å². The second-order valence-corrected chi connectivity index (χ2v) is 3.39. The zero-order valence-corrected chi connectivity index (χ0v) is 9.35. The van der Waals surface area contributed by atoms with Gasteiger partial charge in [-0.05, 0) is 31.3 Å². The molecule has 2 aromatic rings. The smallest absolute Gasteiger partial charge is 0.159 e. The summed E-state index contributed by atoms with van der Waals surface area (Å²) in [6.07, 6.45) is 3.17. The molecular formula is C12H12FN3O. The molecule has 0 aliphatic heterocycles. The van der Waals surface area contributed by atoms with Crippen molar-refractivity contribution >= 4 is 0 Å². The van der Waals surface area contributed by atoms with Crippen LogP contribution in [0.15, 0.2) is 36.7 Å². The Kier molecular flexibility index (Phi) is 3.62. The standard InChI is InChI=1S/C12H12FN3O/c1-14-8-17-11-6-15-12(16-7-11)9-2-4-10(13)5-3-9/h2-7,14H,8H2,1H3. The minimum atomic E-state index is -0.275. The molecule has 0 saturated heterocycles. The zero-order valence-electron chi connectivity index (χ0n) is 9.35. The van der Waals surface area contributed by atoms with Crippen LogP contribution in [0.3, 0.4) is 0 Å². The van der Waals surface area contributed by atoms with E-state index in [9.17, 15) is 4.39 Å². The summed E-state index contributed by atoms with van der Waals surface area (Å²) in [5, 5.41) is 2.85. The fraction of sp³-hybridized carbons (Fsp3) is 0.167. The molecule has 1 heterocycles. The van der Waals surface area contributed by atoms with E-state index >= 15 is 0 Å². The molecule has 0 aliphatic carbocycles. The molecule has 0 unspecified atom stereocenters. The predicted molar refractivity (Wildman–Crippen MR) is 62.0 cm³/mol. The van der Waals surface area contributed by atoms with E-state index in [1.54, 1.807) is 31.6 Å². The molecule has 17 heavy (non-hydrogen) atoms. The lowest BCUT2D eigenvalue weighted by Crippen LogP contribution is -2.14. The Labute approximate surface area is 98.5 Å². The van der Waals surface area contributed by atoms with Gasteiger partial charge in [0.15, 0.2) is 11.6 Å². The summed E-state index contributed by atoms with van der Waals surface area (Å²) in [5.74, 6) is 0.856. The number of aromatic nitrogens is 2. The maximum absolute atomic E-state index is 12.7.